The van der Waals surface area contributed by atoms with Crippen molar-refractivity contribution in [3.05, 3.63) is 51.5 Å². The fraction of sp³-hybridized carbons (Fsp3) is 0.480. The maximum atomic E-state index is 13.6. The Morgan fingerprint density at radius 2 is 1.83 bits per heavy atom. The standard InChI is InChI=1S/C25H31N3O7/c1-5-28(4)10-11-6-7-15(29)17-13(11)8-12-9-14-19(27(2)3)21(31)18(24(26)34)23(33)25(14,35)22(32)16(12)20(17)30/h6-7,12,14,19,29,31-32,35H,5,8-10H2,1-4H3,(H2,26,34)/t12-,14-,19-,25-/m0/s1. The zero-order valence-electron chi connectivity index (χ0n) is 20.2. The van der Waals surface area contributed by atoms with Gasteiger partial charge >= 0.3 is 0 Å². The van der Waals surface area contributed by atoms with Crippen LogP contribution in [-0.4, -0.2) is 87.0 Å². The van der Waals surface area contributed by atoms with Crippen molar-refractivity contribution in [2.45, 2.75) is 38.0 Å². The monoisotopic (exact) mass is 485 g/mol. The number of aliphatic hydroxyl groups is 3. The van der Waals surface area contributed by atoms with E-state index in [9.17, 15) is 34.8 Å². The van der Waals surface area contributed by atoms with Crippen molar-refractivity contribution in [3.8, 4) is 5.75 Å². The molecule has 1 amide bonds. The molecule has 6 N–H and O–H groups in total. The fourth-order valence-electron chi connectivity index (χ4n) is 5.87. The zero-order chi connectivity index (χ0) is 26.0. The average Bonchev–Trinajstić information content (AvgIpc) is 2.77. The van der Waals surface area contributed by atoms with Gasteiger partial charge in [-0.2, -0.15) is 0 Å². The number of nitrogens with zero attached hydrogens (tertiary/aromatic N) is 2. The lowest BCUT2D eigenvalue weighted by atomic mass is 9.58. The Kier molecular flexibility index (Phi) is 6.03. The van der Waals surface area contributed by atoms with Crippen LogP contribution < -0.4 is 5.73 Å². The number of nitrogens with two attached hydrogens (primary N) is 1. The summed E-state index contributed by atoms with van der Waals surface area (Å²) in [6, 6.07) is 2.19. The summed E-state index contributed by atoms with van der Waals surface area (Å²) in [4.78, 5) is 42.5. The van der Waals surface area contributed by atoms with Crippen LogP contribution in [0.25, 0.3) is 0 Å². The minimum atomic E-state index is -2.62. The fourth-order valence-corrected chi connectivity index (χ4v) is 5.87. The van der Waals surface area contributed by atoms with Crippen LogP contribution in [0, 0.1) is 11.8 Å². The van der Waals surface area contributed by atoms with Crippen LogP contribution >= 0.6 is 0 Å². The maximum Gasteiger partial charge on any atom is 0.255 e. The van der Waals surface area contributed by atoms with Gasteiger partial charge in [-0.15, -0.1) is 0 Å². The molecule has 4 rings (SSSR count). The van der Waals surface area contributed by atoms with Crippen molar-refractivity contribution in [2.75, 3.05) is 27.7 Å². The van der Waals surface area contributed by atoms with Crippen LogP contribution in [0.2, 0.25) is 0 Å². The van der Waals surface area contributed by atoms with Crippen molar-refractivity contribution >= 4 is 17.5 Å². The first-order chi connectivity index (χ1) is 16.4. The summed E-state index contributed by atoms with van der Waals surface area (Å²) in [5.74, 6) is -6.45. The quantitative estimate of drug-likeness (QED) is 0.375. The molecule has 1 aromatic rings. The highest BCUT2D eigenvalue weighted by atomic mass is 16.3. The van der Waals surface area contributed by atoms with E-state index < -0.39 is 58.0 Å². The van der Waals surface area contributed by atoms with E-state index in [0.29, 0.717) is 12.1 Å². The van der Waals surface area contributed by atoms with Crippen LogP contribution in [0.3, 0.4) is 0 Å². The molecule has 1 aromatic carbocycles. The Balaban J connectivity index is 1.92. The third-order valence-corrected chi connectivity index (χ3v) is 7.68. The number of allylic oxidation sites excluding steroid dienone is 1. The SMILES string of the molecule is CCN(C)Cc1ccc(O)c2c1C[C@H]1C[C@H]3[C@H](N(C)C)C(O)=C(C(N)=O)C(=O)[C@@]3(O)C(O)=C1C2=O. The second kappa shape index (κ2) is 8.47. The number of amides is 1. The number of phenols is 1. The van der Waals surface area contributed by atoms with E-state index in [1.54, 1.807) is 20.2 Å². The van der Waals surface area contributed by atoms with Crippen molar-refractivity contribution in [2.24, 2.45) is 17.6 Å². The number of carbonyl (C=O) groups is 3. The summed E-state index contributed by atoms with van der Waals surface area (Å²) in [6.07, 6.45) is 0.361. The highest BCUT2D eigenvalue weighted by Crippen LogP contribution is 2.52. The molecule has 0 bridgehead atoms. The Hall–Kier alpha value is -3.21. The molecule has 3 aliphatic rings. The molecule has 0 aliphatic heterocycles. The number of carbonyl (C=O) groups excluding carboxylic acids is 3. The second-order valence-corrected chi connectivity index (χ2v) is 9.89. The molecular formula is C25H31N3O7. The Bertz CT molecular complexity index is 1200. The van der Waals surface area contributed by atoms with Crippen molar-refractivity contribution in [1.29, 1.82) is 0 Å². The van der Waals surface area contributed by atoms with E-state index in [0.717, 1.165) is 12.1 Å². The molecule has 3 aliphatic carbocycles. The highest BCUT2D eigenvalue weighted by molar-refractivity contribution is 6.24. The molecule has 0 fully saturated rings. The van der Waals surface area contributed by atoms with E-state index >= 15 is 0 Å². The van der Waals surface area contributed by atoms with E-state index in [-0.39, 0.29) is 29.7 Å². The van der Waals surface area contributed by atoms with Gasteiger partial charge in [0.15, 0.2) is 11.4 Å². The van der Waals surface area contributed by atoms with Crippen LogP contribution in [0.1, 0.15) is 34.8 Å². The number of ketones is 2. The molecule has 35 heavy (non-hydrogen) atoms. The minimum absolute atomic E-state index is 0.0350. The molecule has 0 unspecified atom stereocenters. The number of hydrogen-bond donors (Lipinski definition) is 5. The first-order valence-corrected chi connectivity index (χ1v) is 11.5. The zero-order valence-corrected chi connectivity index (χ0v) is 20.2. The van der Waals surface area contributed by atoms with Crippen LogP contribution in [0.15, 0.2) is 34.8 Å². The summed E-state index contributed by atoms with van der Waals surface area (Å²) >= 11 is 0. The van der Waals surface area contributed by atoms with Crippen LogP contribution in [0.5, 0.6) is 5.75 Å². The van der Waals surface area contributed by atoms with Crippen molar-refractivity contribution in [3.63, 3.8) is 0 Å². The Morgan fingerprint density at radius 1 is 1.17 bits per heavy atom. The summed E-state index contributed by atoms with van der Waals surface area (Å²) in [7, 11) is 5.14. The third-order valence-electron chi connectivity index (χ3n) is 7.68. The smallest absolute Gasteiger partial charge is 0.255 e. The van der Waals surface area contributed by atoms with E-state index in [1.807, 2.05) is 14.0 Å². The van der Waals surface area contributed by atoms with Crippen LogP contribution in [-0.2, 0) is 22.6 Å². The van der Waals surface area contributed by atoms with Gasteiger partial charge in [0.1, 0.15) is 22.8 Å². The molecule has 0 spiro atoms. The Morgan fingerprint density at radius 3 is 2.40 bits per heavy atom. The molecule has 0 aromatic heterocycles. The van der Waals surface area contributed by atoms with Gasteiger partial charge in [-0.3, -0.25) is 19.3 Å². The van der Waals surface area contributed by atoms with Crippen molar-refractivity contribution < 1.29 is 34.8 Å². The number of rotatable bonds is 5. The van der Waals surface area contributed by atoms with Gasteiger partial charge in [-0.1, -0.05) is 13.0 Å². The van der Waals surface area contributed by atoms with Gasteiger partial charge in [-0.25, -0.2) is 0 Å². The number of aliphatic hydroxyl groups excluding tert-OH is 2. The van der Waals surface area contributed by atoms with Gasteiger partial charge in [0.2, 0.25) is 5.78 Å². The van der Waals surface area contributed by atoms with Gasteiger partial charge in [0, 0.05) is 18.0 Å². The number of Topliss-reactive ketones (excluding diaryl/α,β-unsaturated/α-hetero) is 2. The van der Waals surface area contributed by atoms with Gasteiger partial charge < -0.3 is 31.1 Å². The highest BCUT2D eigenvalue weighted by Gasteiger charge is 2.63. The summed E-state index contributed by atoms with van der Waals surface area (Å²) < 4.78 is 0. The van der Waals surface area contributed by atoms with Gasteiger partial charge in [0.25, 0.3) is 5.91 Å². The number of primary amides is 1. The minimum Gasteiger partial charge on any atom is -0.510 e. The molecular weight excluding hydrogens is 454 g/mol. The first-order valence-electron chi connectivity index (χ1n) is 11.5. The normalized spacial score (nSPS) is 28.4. The molecule has 0 radical (unpaired) electrons. The number of fused-ring (bicyclic) bond motifs is 3. The summed E-state index contributed by atoms with van der Waals surface area (Å²) in [6.45, 7) is 3.32. The predicted molar refractivity (Wildman–Crippen MR) is 126 cm³/mol. The van der Waals surface area contributed by atoms with Crippen LogP contribution in [0.4, 0.5) is 0 Å². The lowest BCUT2D eigenvalue weighted by Crippen LogP contribution is -2.63. The largest absolute Gasteiger partial charge is 0.510 e. The van der Waals surface area contributed by atoms with Gasteiger partial charge in [0.05, 0.1) is 11.6 Å². The third kappa shape index (κ3) is 3.47. The Labute approximate surface area is 202 Å². The second-order valence-electron chi connectivity index (χ2n) is 9.89. The molecule has 10 heteroatoms. The number of phenolic OH excluding ortho intramolecular Hbond substituents is 1. The summed E-state index contributed by atoms with van der Waals surface area (Å²) in [5.41, 5.74) is 3.30. The molecule has 0 heterocycles. The number of hydrogen-bond acceptors (Lipinski definition) is 9. The molecule has 10 nitrogen and oxygen atoms in total. The summed E-state index contributed by atoms with van der Waals surface area (Å²) in [5, 5.41) is 44.2. The molecule has 0 saturated heterocycles. The van der Waals surface area contributed by atoms with E-state index in [1.165, 1.54) is 11.0 Å². The number of benzene rings is 1. The van der Waals surface area contributed by atoms with Gasteiger partial charge in [-0.05, 0) is 63.6 Å². The van der Waals surface area contributed by atoms with E-state index in [4.69, 9.17) is 5.73 Å². The topological polar surface area (TPSA) is 165 Å². The average molecular weight is 486 g/mol. The molecule has 4 atom stereocenters. The van der Waals surface area contributed by atoms with E-state index in [2.05, 4.69) is 4.90 Å². The number of likely N-dealkylation sites (N-methyl/N-ethyl adjacent to an activating group) is 1. The first kappa shape index (κ1) is 24.9. The lowest BCUT2D eigenvalue weighted by molar-refractivity contribution is -0.148. The predicted octanol–water partition coefficient (Wildman–Crippen LogP) is 0.572. The maximum absolute atomic E-state index is 13.6. The number of aromatic hydroxyl groups is 1. The lowest BCUT2D eigenvalue weighted by Gasteiger charge is -2.50. The van der Waals surface area contributed by atoms with Crippen molar-refractivity contribution in [1.82, 2.24) is 9.80 Å². The molecule has 0 saturated carbocycles. The molecule has 188 valence electrons.